The molecule has 1 aliphatic carbocycles. The average Bonchev–Trinajstić information content (AvgIpc) is 3.04. The minimum atomic E-state index is -3.33. The lowest BCUT2D eigenvalue weighted by Crippen LogP contribution is -2.33. The van der Waals surface area contributed by atoms with Crippen molar-refractivity contribution in [2.75, 3.05) is 11.0 Å². The maximum absolute atomic E-state index is 11.5. The number of nitrogens with zero attached hydrogens (tertiary/aromatic N) is 2. The van der Waals surface area contributed by atoms with Gasteiger partial charge in [-0.15, -0.1) is 11.6 Å². The highest BCUT2D eigenvalue weighted by Gasteiger charge is 2.30. The number of aliphatic imine (C=N–C) groups is 2. The number of hydrogen-bond acceptors (Lipinski definition) is 7. The van der Waals surface area contributed by atoms with Crippen molar-refractivity contribution in [3.05, 3.63) is 65.9 Å². The normalized spacial score (nSPS) is 25.1. The van der Waals surface area contributed by atoms with Gasteiger partial charge in [0.2, 0.25) is 10.0 Å². The predicted molar refractivity (Wildman–Crippen MR) is 153 cm³/mol. The smallest absolute Gasteiger partial charge is 0.306 e. The first-order valence-electron chi connectivity index (χ1n) is 13.0. The monoisotopic (exact) mass is 570 g/mol. The standard InChI is InChI=1S/C28H31ClN4O5S/c1-39(36,37)33-21-10-6-18(7-11-21)17-2-4-19(5-3-17)26-24(29)16-22-12-15-25(31-26)32-28(30-22)38-23-13-8-20(9-14-23)27(34)35/h2-7,10-11,16,20,23-24,26,33H,8-9,12-15H2,1H3,(H,34,35)(H,30,31,32). The van der Waals surface area contributed by atoms with Crippen LogP contribution in [0.5, 0.6) is 0 Å². The van der Waals surface area contributed by atoms with Gasteiger partial charge in [-0.3, -0.25) is 14.5 Å². The van der Waals surface area contributed by atoms with Crippen LogP contribution >= 0.6 is 11.6 Å². The summed E-state index contributed by atoms with van der Waals surface area (Å²) < 4.78 is 31.5. The van der Waals surface area contributed by atoms with Crippen LogP contribution in [0.3, 0.4) is 0 Å². The molecule has 206 valence electrons. The zero-order valence-corrected chi connectivity index (χ0v) is 23.1. The summed E-state index contributed by atoms with van der Waals surface area (Å²) in [6.45, 7) is 0. The van der Waals surface area contributed by atoms with E-state index in [-0.39, 0.29) is 18.1 Å². The van der Waals surface area contributed by atoms with Crippen LogP contribution in [-0.4, -0.2) is 49.1 Å². The SMILES string of the molecule is CS(=O)(=O)Nc1ccc(-c2ccc(C3N=C4CCC(=CC3Cl)NC(OC3CCC(C(=O)O)CC3)=N4)cc2)cc1. The molecule has 1 fully saturated rings. The Morgan fingerprint density at radius 1 is 1.03 bits per heavy atom. The Hall–Kier alpha value is -3.37. The molecule has 11 heteroatoms. The van der Waals surface area contributed by atoms with E-state index in [1.165, 1.54) is 0 Å². The van der Waals surface area contributed by atoms with Gasteiger partial charge in [0.25, 0.3) is 6.02 Å². The molecule has 2 bridgehead atoms. The maximum Gasteiger partial charge on any atom is 0.306 e. The predicted octanol–water partition coefficient (Wildman–Crippen LogP) is 5.07. The molecule has 2 unspecified atom stereocenters. The van der Waals surface area contributed by atoms with Crippen LogP contribution in [0.1, 0.15) is 50.1 Å². The Bertz CT molecular complexity index is 1410. The number of alkyl halides is 1. The molecule has 0 saturated heterocycles. The van der Waals surface area contributed by atoms with Crippen LogP contribution in [0.15, 0.2) is 70.3 Å². The second-order valence-electron chi connectivity index (χ2n) is 10.2. The number of amidine groups is 2. The van der Waals surface area contributed by atoms with Gasteiger partial charge in [0.15, 0.2) is 0 Å². The zero-order valence-electron chi connectivity index (χ0n) is 21.5. The molecule has 2 atom stereocenters. The number of benzene rings is 2. The number of carbonyl (C=O) groups is 1. The number of hydrogen-bond donors (Lipinski definition) is 3. The molecule has 3 N–H and O–H groups in total. The highest BCUT2D eigenvalue weighted by Crippen LogP contribution is 2.33. The van der Waals surface area contributed by atoms with E-state index >= 15 is 0 Å². The number of nitrogens with one attached hydrogen (secondary N) is 2. The van der Waals surface area contributed by atoms with Crippen molar-refractivity contribution >= 4 is 45.1 Å². The number of halogens is 1. The topological polar surface area (TPSA) is 129 Å². The molecule has 9 nitrogen and oxygen atoms in total. The molecule has 0 aromatic heterocycles. The second-order valence-corrected chi connectivity index (χ2v) is 12.4. The molecule has 39 heavy (non-hydrogen) atoms. The van der Waals surface area contributed by atoms with Gasteiger partial charge in [0.05, 0.1) is 23.6 Å². The summed E-state index contributed by atoms with van der Waals surface area (Å²) in [4.78, 5) is 20.9. The third kappa shape index (κ3) is 6.99. The Morgan fingerprint density at radius 2 is 1.67 bits per heavy atom. The maximum atomic E-state index is 11.5. The Morgan fingerprint density at radius 3 is 2.28 bits per heavy atom. The van der Waals surface area contributed by atoms with Gasteiger partial charge in [-0.25, -0.2) is 8.42 Å². The van der Waals surface area contributed by atoms with Gasteiger partial charge in [-0.1, -0.05) is 36.4 Å². The van der Waals surface area contributed by atoms with Crippen molar-refractivity contribution in [1.82, 2.24) is 5.32 Å². The zero-order chi connectivity index (χ0) is 27.6. The lowest BCUT2D eigenvalue weighted by Gasteiger charge is -2.27. The van der Waals surface area contributed by atoms with Crippen LogP contribution in [0.25, 0.3) is 11.1 Å². The van der Waals surface area contributed by atoms with Crippen LogP contribution in [0, 0.1) is 5.92 Å². The van der Waals surface area contributed by atoms with Gasteiger partial charge in [0.1, 0.15) is 11.9 Å². The lowest BCUT2D eigenvalue weighted by atomic mass is 9.87. The summed E-state index contributed by atoms with van der Waals surface area (Å²) >= 11 is 6.85. The molecular formula is C28H31ClN4O5S. The number of carboxylic acid groups (broad SMARTS) is 1. The molecule has 2 aromatic rings. The molecule has 0 spiro atoms. The van der Waals surface area contributed by atoms with Crippen molar-refractivity contribution in [2.45, 2.75) is 56.0 Å². The molecule has 2 heterocycles. The fourth-order valence-electron chi connectivity index (χ4n) is 5.10. The summed E-state index contributed by atoms with van der Waals surface area (Å²) in [5.41, 5.74) is 4.34. The number of aliphatic carboxylic acids is 1. The summed E-state index contributed by atoms with van der Waals surface area (Å²) in [5, 5.41) is 12.1. The molecule has 1 saturated carbocycles. The Kier molecular flexibility index (Phi) is 7.95. The minimum Gasteiger partial charge on any atom is -0.481 e. The fourth-order valence-corrected chi connectivity index (χ4v) is 6.02. The van der Waals surface area contributed by atoms with Gasteiger partial charge < -0.3 is 15.2 Å². The van der Waals surface area contributed by atoms with E-state index in [4.69, 9.17) is 21.3 Å². The molecule has 5 rings (SSSR count). The van der Waals surface area contributed by atoms with Gasteiger partial charge >= 0.3 is 5.97 Å². The third-order valence-electron chi connectivity index (χ3n) is 7.14. The van der Waals surface area contributed by atoms with E-state index in [0.717, 1.165) is 35.1 Å². The van der Waals surface area contributed by atoms with Gasteiger partial charge in [0, 0.05) is 17.8 Å². The van der Waals surface area contributed by atoms with E-state index in [9.17, 15) is 18.3 Å². The molecule has 2 aromatic carbocycles. The van der Waals surface area contributed by atoms with Crippen LogP contribution < -0.4 is 10.0 Å². The Labute approximate surface area is 233 Å². The third-order valence-corrected chi connectivity index (χ3v) is 8.11. The van der Waals surface area contributed by atoms with E-state index in [2.05, 4.69) is 15.0 Å². The number of allylic oxidation sites excluding steroid dienone is 1. The van der Waals surface area contributed by atoms with Crippen LogP contribution in [-0.2, 0) is 19.6 Å². The summed E-state index contributed by atoms with van der Waals surface area (Å²) in [5.74, 6) is -0.381. The fraction of sp³-hybridized carbons (Fsp3) is 0.393. The molecule has 0 amide bonds. The number of anilines is 1. The number of fused-ring (bicyclic) bond motifs is 3. The first-order valence-corrected chi connectivity index (χ1v) is 15.3. The van der Waals surface area contributed by atoms with E-state index in [1.807, 2.05) is 42.5 Å². The molecular weight excluding hydrogens is 540 g/mol. The van der Waals surface area contributed by atoms with Gasteiger partial charge in [-0.05, 0) is 67.0 Å². The van der Waals surface area contributed by atoms with Crippen LogP contribution in [0.4, 0.5) is 5.69 Å². The first-order chi connectivity index (χ1) is 18.6. The Balaban J connectivity index is 1.32. The average molecular weight is 571 g/mol. The van der Waals surface area contributed by atoms with Crippen molar-refractivity contribution < 1.29 is 23.1 Å². The minimum absolute atomic E-state index is 0.0837. The summed E-state index contributed by atoms with van der Waals surface area (Å²) in [6.07, 6.45) is 6.93. The van der Waals surface area contributed by atoms with Crippen molar-refractivity contribution in [1.29, 1.82) is 0 Å². The molecule has 0 radical (unpaired) electrons. The molecule has 3 aliphatic rings. The van der Waals surface area contributed by atoms with E-state index < -0.39 is 21.4 Å². The highest BCUT2D eigenvalue weighted by molar-refractivity contribution is 7.92. The second kappa shape index (κ2) is 11.4. The highest BCUT2D eigenvalue weighted by atomic mass is 35.5. The van der Waals surface area contributed by atoms with Crippen LogP contribution in [0.2, 0.25) is 0 Å². The molecule has 2 aliphatic heterocycles. The summed E-state index contributed by atoms with van der Waals surface area (Å²) in [7, 11) is -3.33. The van der Waals surface area contributed by atoms with Crippen molar-refractivity contribution in [3.63, 3.8) is 0 Å². The number of rotatable bonds is 6. The lowest BCUT2D eigenvalue weighted by molar-refractivity contribution is -0.143. The first kappa shape index (κ1) is 27.2. The summed E-state index contributed by atoms with van der Waals surface area (Å²) in [6, 6.07) is 15.3. The number of ether oxygens (including phenoxy) is 1. The van der Waals surface area contributed by atoms with E-state index in [0.29, 0.717) is 49.6 Å². The van der Waals surface area contributed by atoms with Crippen molar-refractivity contribution in [2.24, 2.45) is 15.9 Å². The number of carboxylic acids is 1. The van der Waals surface area contributed by atoms with Gasteiger partial charge in [-0.2, -0.15) is 4.99 Å². The largest absolute Gasteiger partial charge is 0.481 e. The quantitative estimate of drug-likeness (QED) is 0.416. The van der Waals surface area contributed by atoms with E-state index in [1.54, 1.807) is 12.1 Å². The van der Waals surface area contributed by atoms with Crippen molar-refractivity contribution in [3.8, 4) is 11.1 Å². The number of sulfonamides is 1.